The minimum Gasteiger partial charge on any atom is -0.469 e. The lowest BCUT2D eigenvalue weighted by atomic mass is 10.2. The van der Waals surface area contributed by atoms with Gasteiger partial charge in [-0.3, -0.25) is 14.3 Å². The zero-order chi connectivity index (χ0) is 20.3. The van der Waals surface area contributed by atoms with E-state index in [9.17, 15) is 9.59 Å². The van der Waals surface area contributed by atoms with E-state index in [4.69, 9.17) is 23.2 Å². The van der Waals surface area contributed by atoms with Gasteiger partial charge < -0.3 is 10.1 Å². The first-order chi connectivity index (χ1) is 13.4. The van der Waals surface area contributed by atoms with Crippen LogP contribution < -0.4 is 5.32 Å². The number of nitrogens with zero attached hydrogens (tertiary/aromatic N) is 2. The van der Waals surface area contributed by atoms with Crippen LogP contribution in [0.4, 0.5) is 0 Å². The molecular weight excluding hydrogens is 421 g/mol. The van der Waals surface area contributed by atoms with Crippen molar-refractivity contribution in [3.8, 4) is 0 Å². The van der Waals surface area contributed by atoms with E-state index in [1.54, 1.807) is 12.1 Å². The van der Waals surface area contributed by atoms with Crippen LogP contribution in [0.2, 0.25) is 10.0 Å². The second kappa shape index (κ2) is 8.94. The molecule has 0 saturated heterocycles. The summed E-state index contributed by atoms with van der Waals surface area (Å²) in [5, 5.41) is 9.50. The summed E-state index contributed by atoms with van der Waals surface area (Å²) in [7, 11) is 1.35. The molecule has 2 aromatic heterocycles. The number of hydrogen-bond acceptors (Lipinski definition) is 5. The van der Waals surface area contributed by atoms with E-state index in [1.165, 1.54) is 18.4 Å². The Morgan fingerprint density at radius 2 is 2.07 bits per heavy atom. The molecule has 0 aliphatic carbocycles. The minimum atomic E-state index is -0.285. The molecular formula is C19H19Cl2N3O3S. The fraction of sp³-hybridized carbons (Fsp3) is 0.316. The van der Waals surface area contributed by atoms with E-state index in [-0.39, 0.29) is 18.3 Å². The van der Waals surface area contributed by atoms with Crippen LogP contribution in [0.5, 0.6) is 0 Å². The molecule has 0 saturated carbocycles. The van der Waals surface area contributed by atoms with Crippen LogP contribution in [-0.2, 0) is 16.1 Å². The number of esters is 1. The molecule has 3 aromatic rings. The second-order valence-electron chi connectivity index (χ2n) is 6.24. The molecule has 0 bridgehead atoms. The zero-order valence-corrected chi connectivity index (χ0v) is 17.7. The number of methoxy groups -OCH3 is 1. The third-order valence-corrected chi connectivity index (χ3v) is 5.97. The highest BCUT2D eigenvalue weighted by Gasteiger charge is 2.17. The van der Waals surface area contributed by atoms with Gasteiger partial charge in [0.1, 0.15) is 4.83 Å². The minimum absolute atomic E-state index is 0.165. The van der Waals surface area contributed by atoms with Crippen LogP contribution in [0.15, 0.2) is 24.3 Å². The molecule has 9 heteroatoms. The van der Waals surface area contributed by atoms with Crippen molar-refractivity contribution >= 4 is 56.6 Å². The van der Waals surface area contributed by atoms with Crippen molar-refractivity contribution in [1.82, 2.24) is 15.1 Å². The summed E-state index contributed by atoms with van der Waals surface area (Å²) in [4.78, 5) is 25.0. The van der Waals surface area contributed by atoms with E-state index < -0.39 is 0 Å². The molecule has 0 radical (unpaired) electrons. The first kappa shape index (κ1) is 20.6. The summed E-state index contributed by atoms with van der Waals surface area (Å²) >= 11 is 13.6. The normalized spacial score (nSPS) is 11.0. The Labute approximate surface area is 176 Å². The molecule has 6 nitrogen and oxygen atoms in total. The number of amides is 1. The highest BCUT2D eigenvalue weighted by Crippen LogP contribution is 2.30. The monoisotopic (exact) mass is 439 g/mol. The van der Waals surface area contributed by atoms with Crippen LogP contribution in [0.1, 0.15) is 33.8 Å². The Morgan fingerprint density at radius 1 is 1.29 bits per heavy atom. The van der Waals surface area contributed by atoms with Crippen molar-refractivity contribution in [1.29, 1.82) is 0 Å². The van der Waals surface area contributed by atoms with Crippen molar-refractivity contribution in [3.05, 3.63) is 50.4 Å². The van der Waals surface area contributed by atoms with Gasteiger partial charge in [-0.1, -0.05) is 29.3 Å². The molecule has 0 unspecified atom stereocenters. The molecule has 0 spiro atoms. The van der Waals surface area contributed by atoms with Crippen molar-refractivity contribution in [2.45, 2.75) is 26.3 Å². The van der Waals surface area contributed by atoms with Gasteiger partial charge in [0.2, 0.25) is 0 Å². The smallest absolute Gasteiger partial charge is 0.305 e. The quantitative estimate of drug-likeness (QED) is 0.436. The molecule has 3 rings (SSSR count). The standard InChI is InChI=1S/C19H19Cl2N3O3S/c1-11-14-9-16(18(26)22-7-3-4-17(25)27-2)28-19(14)24(23-11)10-12-5-6-13(20)8-15(12)21/h5-6,8-9H,3-4,7,10H2,1-2H3,(H,22,26). The summed E-state index contributed by atoms with van der Waals surface area (Å²) in [5.41, 5.74) is 1.75. The third kappa shape index (κ3) is 4.66. The number of benzene rings is 1. The fourth-order valence-electron chi connectivity index (χ4n) is 2.77. The summed E-state index contributed by atoms with van der Waals surface area (Å²) in [5.74, 6) is -0.450. The Kier molecular flexibility index (Phi) is 6.59. The summed E-state index contributed by atoms with van der Waals surface area (Å²) in [6.45, 7) is 2.81. The van der Waals surface area contributed by atoms with Gasteiger partial charge in [-0.05, 0) is 37.1 Å². The number of rotatable bonds is 7. The van der Waals surface area contributed by atoms with Crippen molar-refractivity contribution in [3.63, 3.8) is 0 Å². The maximum absolute atomic E-state index is 12.4. The maximum atomic E-state index is 12.4. The molecule has 1 amide bonds. The summed E-state index contributed by atoms with van der Waals surface area (Å²) in [6.07, 6.45) is 0.810. The summed E-state index contributed by atoms with van der Waals surface area (Å²) < 4.78 is 6.43. The molecule has 0 atom stereocenters. The van der Waals surface area contributed by atoms with E-state index in [0.29, 0.717) is 34.4 Å². The number of hydrogen-bond donors (Lipinski definition) is 1. The molecule has 0 aliphatic rings. The average Bonchev–Trinajstić information content (AvgIpc) is 3.22. The Bertz CT molecular complexity index is 1030. The lowest BCUT2D eigenvalue weighted by Crippen LogP contribution is -2.24. The maximum Gasteiger partial charge on any atom is 0.305 e. The van der Waals surface area contributed by atoms with Gasteiger partial charge in [0.05, 0.1) is 24.2 Å². The average molecular weight is 440 g/mol. The number of halogens is 2. The van der Waals surface area contributed by atoms with Gasteiger partial charge in [0.15, 0.2) is 0 Å². The number of aryl methyl sites for hydroxylation is 1. The van der Waals surface area contributed by atoms with Crippen LogP contribution in [-0.4, -0.2) is 35.3 Å². The lowest BCUT2D eigenvalue weighted by Gasteiger charge is -2.06. The van der Waals surface area contributed by atoms with Gasteiger partial charge in [-0.25, -0.2) is 0 Å². The largest absolute Gasteiger partial charge is 0.469 e. The Morgan fingerprint density at radius 3 is 2.79 bits per heavy atom. The van der Waals surface area contributed by atoms with Crippen molar-refractivity contribution in [2.24, 2.45) is 0 Å². The topological polar surface area (TPSA) is 73.2 Å². The van der Waals surface area contributed by atoms with E-state index in [2.05, 4.69) is 15.2 Å². The van der Waals surface area contributed by atoms with Crippen LogP contribution in [0, 0.1) is 6.92 Å². The number of thiophene rings is 1. The highest BCUT2D eigenvalue weighted by atomic mass is 35.5. The zero-order valence-electron chi connectivity index (χ0n) is 15.4. The van der Waals surface area contributed by atoms with Gasteiger partial charge >= 0.3 is 5.97 Å². The predicted molar refractivity (Wildman–Crippen MR) is 111 cm³/mol. The first-order valence-electron chi connectivity index (χ1n) is 8.65. The molecule has 28 heavy (non-hydrogen) atoms. The van der Waals surface area contributed by atoms with Gasteiger partial charge in [-0.2, -0.15) is 5.10 Å². The third-order valence-electron chi connectivity index (χ3n) is 4.24. The van der Waals surface area contributed by atoms with Crippen LogP contribution >= 0.6 is 34.5 Å². The number of carbonyl (C=O) groups is 2. The van der Waals surface area contributed by atoms with E-state index in [0.717, 1.165) is 21.5 Å². The summed E-state index contributed by atoms with van der Waals surface area (Å²) in [6, 6.07) is 7.21. The van der Waals surface area contributed by atoms with E-state index in [1.807, 2.05) is 23.7 Å². The SMILES string of the molecule is COC(=O)CCCNC(=O)c1cc2c(C)nn(Cc3ccc(Cl)cc3Cl)c2s1. The number of ether oxygens (including phenoxy) is 1. The number of nitrogens with one attached hydrogen (secondary N) is 1. The molecule has 148 valence electrons. The first-order valence-corrected chi connectivity index (χ1v) is 10.2. The van der Waals surface area contributed by atoms with Gasteiger partial charge in [-0.15, -0.1) is 11.3 Å². The molecule has 0 fully saturated rings. The fourth-order valence-corrected chi connectivity index (χ4v) is 4.31. The Balaban J connectivity index is 1.74. The van der Waals surface area contributed by atoms with Crippen molar-refractivity contribution in [2.75, 3.05) is 13.7 Å². The van der Waals surface area contributed by atoms with E-state index >= 15 is 0 Å². The van der Waals surface area contributed by atoms with Crippen LogP contribution in [0.3, 0.4) is 0 Å². The Hall–Kier alpha value is -2.09. The molecule has 1 N–H and O–H groups in total. The molecule has 1 aromatic carbocycles. The predicted octanol–water partition coefficient (Wildman–Crippen LogP) is 4.44. The number of aromatic nitrogens is 2. The van der Waals surface area contributed by atoms with Gasteiger partial charge in [0.25, 0.3) is 5.91 Å². The van der Waals surface area contributed by atoms with Gasteiger partial charge in [0, 0.05) is 28.4 Å². The second-order valence-corrected chi connectivity index (χ2v) is 8.12. The van der Waals surface area contributed by atoms with Crippen molar-refractivity contribution < 1.29 is 14.3 Å². The molecule has 2 heterocycles. The number of fused-ring (bicyclic) bond motifs is 1. The molecule has 0 aliphatic heterocycles. The lowest BCUT2D eigenvalue weighted by molar-refractivity contribution is -0.140. The highest BCUT2D eigenvalue weighted by molar-refractivity contribution is 7.20. The number of carbonyl (C=O) groups excluding carboxylic acids is 2. The van der Waals surface area contributed by atoms with Crippen LogP contribution in [0.25, 0.3) is 10.2 Å².